The quantitative estimate of drug-likeness (QED) is 0.545. The van der Waals surface area contributed by atoms with Crippen LogP contribution in [0.4, 0.5) is 0 Å². The van der Waals surface area contributed by atoms with Gasteiger partial charge >= 0.3 is 0 Å². The first-order valence-corrected chi connectivity index (χ1v) is 8.49. The molecule has 1 rings (SSSR count). The lowest BCUT2D eigenvalue weighted by Crippen LogP contribution is -2.31. The summed E-state index contributed by atoms with van der Waals surface area (Å²) in [6, 6.07) is 0. The second kappa shape index (κ2) is 8.72. The van der Waals surface area contributed by atoms with Crippen molar-refractivity contribution >= 4 is 15.9 Å². The standard InChI is InChI=1S/C15H28BrN3/c1-4-6-8-9-10-12-15(3,11-7-5-2)19-14(16)17-13-18-19/h13H,4-12H2,1-3H3. The van der Waals surface area contributed by atoms with Crippen LogP contribution in [0.25, 0.3) is 0 Å². The minimum Gasteiger partial charge on any atom is -0.234 e. The highest BCUT2D eigenvalue weighted by Crippen LogP contribution is 2.31. The van der Waals surface area contributed by atoms with Gasteiger partial charge in [0.25, 0.3) is 0 Å². The van der Waals surface area contributed by atoms with Crippen molar-refractivity contribution in [2.45, 2.75) is 84.1 Å². The molecule has 19 heavy (non-hydrogen) atoms. The van der Waals surface area contributed by atoms with Crippen LogP contribution in [0.2, 0.25) is 0 Å². The molecule has 1 aromatic rings. The van der Waals surface area contributed by atoms with Crippen LogP contribution in [-0.2, 0) is 5.54 Å². The number of halogens is 1. The number of rotatable bonds is 10. The first kappa shape index (κ1) is 16.7. The van der Waals surface area contributed by atoms with Crippen molar-refractivity contribution in [1.29, 1.82) is 0 Å². The summed E-state index contributed by atoms with van der Waals surface area (Å²) in [6.45, 7) is 6.83. The van der Waals surface area contributed by atoms with E-state index in [0.717, 1.165) is 4.73 Å². The van der Waals surface area contributed by atoms with Crippen LogP contribution in [0.5, 0.6) is 0 Å². The van der Waals surface area contributed by atoms with E-state index in [2.05, 4.69) is 51.5 Å². The van der Waals surface area contributed by atoms with Gasteiger partial charge in [-0.25, -0.2) is 9.67 Å². The topological polar surface area (TPSA) is 30.7 Å². The number of hydrogen-bond donors (Lipinski definition) is 0. The average molecular weight is 330 g/mol. The number of hydrogen-bond acceptors (Lipinski definition) is 2. The molecule has 0 N–H and O–H groups in total. The van der Waals surface area contributed by atoms with Gasteiger partial charge in [-0.1, -0.05) is 58.8 Å². The molecule has 1 aromatic heterocycles. The van der Waals surface area contributed by atoms with Gasteiger partial charge in [-0.3, -0.25) is 0 Å². The lowest BCUT2D eigenvalue weighted by atomic mass is 9.89. The first-order valence-electron chi connectivity index (χ1n) is 7.70. The summed E-state index contributed by atoms with van der Waals surface area (Å²) in [5, 5.41) is 4.41. The molecule has 1 unspecified atom stereocenters. The molecule has 0 bridgehead atoms. The molecular formula is C15H28BrN3. The Balaban J connectivity index is 2.58. The van der Waals surface area contributed by atoms with Crippen molar-refractivity contribution in [1.82, 2.24) is 14.8 Å². The molecule has 4 heteroatoms. The maximum atomic E-state index is 4.41. The predicted octanol–water partition coefficient (Wildman–Crippen LogP) is 5.31. The molecule has 0 fully saturated rings. The molecule has 0 aliphatic rings. The maximum absolute atomic E-state index is 4.41. The van der Waals surface area contributed by atoms with Gasteiger partial charge in [0.1, 0.15) is 6.33 Å². The van der Waals surface area contributed by atoms with E-state index < -0.39 is 0 Å². The van der Waals surface area contributed by atoms with Crippen LogP contribution in [0.15, 0.2) is 11.1 Å². The van der Waals surface area contributed by atoms with Gasteiger partial charge in [0.2, 0.25) is 0 Å². The van der Waals surface area contributed by atoms with Gasteiger partial charge in [0.05, 0.1) is 5.54 Å². The zero-order chi connectivity index (χ0) is 14.1. The summed E-state index contributed by atoms with van der Waals surface area (Å²) in [6.07, 6.45) is 13.1. The summed E-state index contributed by atoms with van der Waals surface area (Å²) in [4.78, 5) is 4.22. The predicted molar refractivity (Wildman–Crippen MR) is 84.3 cm³/mol. The van der Waals surface area contributed by atoms with Gasteiger partial charge in [0.15, 0.2) is 4.73 Å². The van der Waals surface area contributed by atoms with E-state index in [-0.39, 0.29) is 5.54 Å². The third-order valence-electron chi connectivity index (χ3n) is 3.91. The summed E-state index contributed by atoms with van der Waals surface area (Å²) in [5.74, 6) is 0. The van der Waals surface area contributed by atoms with Crippen molar-refractivity contribution in [3.63, 3.8) is 0 Å². The Bertz CT molecular complexity index is 351. The van der Waals surface area contributed by atoms with E-state index in [1.54, 1.807) is 6.33 Å². The largest absolute Gasteiger partial charge is 0.234 e. The Morgan fingerprint density at radius 2 is 1.68 bits per heavy atom. The summed E-state index contributed by atoms with van der Waals surface area (Å²) in [5.41, 5.74) is 0.109. The van der Waals surface area contributed by atoms with Crippen molar-refractivity contribution < 1.29 is 0 Å². The SMILES string of the molecule is CCCCCCCC(C)(CCCC)n1ncnc1Br. The second-order valence-corrected chi connectivity index (χ2v) is 6.41. The molecular weight excluding hydrogens is 302 g/mol. The number of nitrogens with zero attached hydrogens (tertiary/aromatic N) is 3. The third kappa shape index (κ3) is 5.25. The third-order valence-corrected chi connectivity index (χ3v) is 4.45. The van der Waals surface area contributed by atoms with Crippen LogP contribution < -0.4 is 0 Å². The lowest BCUT2D eigenvalue weighted by Gasteiger charge is -2.30. The molecule has 0 saturated carbocycles. The first-order chi connectivity index (χ1) is 9.14. The van der Waals surface area contributed by atoms with Crippen molar-refractivity contribution in [2.24, 2.45) is 0 Å². The smallest absolute Gasteiger partial charge is 0.195 e. The van der Waals surface area contributed by atoms with Crippen LogP contribution in [0.1, 0.15) is 78.6 Å². The van der Waals surface area contributed by atoms with Crippen LogP contribution in [-0.4, -0.2) is 14.8 Å². The summed E-state index contributed by atoms with van der Waals surface area (Å²) < 4.78 is 2.93. The highest BCUT2D eigenvalue weighted by Gasteiger charge is 2.28. The van der Waals surface area contributed by atoms with Gasteiger partial charge < -0.3 is 0 Å². The van der Waals surface area contributed by atoms with Gasteiger partial charge in [-0.2, -0.15) is 5.10 Å². The number of aromatic nitrogens is 3. The van der Waals surface area contributed by atoms with Crippen molar-refractivity contribution in [3.05, 3.63) is 11.1 Å². The molecule has 0 aromatic carbocycles. The Morgan fingerprint density at radius 1 is 1.05 bits per heavy atom. The van der Waals surface area contributed by atoms with Crippen molar-refractivity contribution in [2.75, 3.05) is 0 Å². The molecule has 0 aliphatic carbocycles. The monoisotopic (exact) mass is 329 g/mol. The molecule has 110 valence electrons. The molecule has 1 heterocycles. The van der Waals surface area contributed by atoms with E-state index >= 15 is 0 Å². The number of unbranched alkanes of at least 4 members (excludes halogenated alkanes) is 5. The maximum Gasteiger partial charge on any atom is 0.195 e. The Kier molecular flexibility index (Phi) is 7.66. The van der Waals surface area contributed by atoms with E-state index in [1.807, 2.05) is 0 Å². The van der Waals surface area contributed by atoms with Gasteiger partial charge in [0, 0.05) is 0 Å². The fourth-order valence-electron chi connectivity index (χ4n) is 2.59. The highest BCUT2D eigenvalue weighted by molar-refractivity contribution is 9.10. The Labute approximate surface area is 126 Å². The molecule has 0 saturated heterocycles. The molecule has 0 amide bonds. The van der Waals surface area contributed by atoms with Gasteiger partial charge in [-0.15, -0.1) is 0 Å². The molecule has 1 atom stereocenters. The van der Waals surface area contributed by atoms with Crippen LogP contribution >= 0.6 is 15.9 Å². The van der Waals surface area contributed by atoms with Gasteiger partial charge in [-0.05, 0) is 35.7 Å². The Morgan fingerprint density at radius 3 is 2.26 bits per heavy atom. The summed E-state index contributed by atoms with van der Waals surface area (Å²) in [7, 11) is 0. The lowest BCUT2D eigenvalue weighted by molar-refractivity contribution is 0.223. The zero-order valence-corrected chi connectivity index (χ0v) is 14.2. The van der Waals surface area contributed by atoms with E-state index in [1.165, 1.54) is 57.8 Å². The summed E-state index contributed by atoms with van der Waals surface area (Å²) >= 11 is 3.52. The van der Waals surface area contributed by atoms with Crippen molar-refractivity contribution in [3.8, 4) is 0 Å². The zero-order valence-electron chi connectivity index (χ0n) is 12.7. The van der Waals surface area contributed by atoms with E-state index in [4.69, 9.17) is 0 Å². The Hall–Kier alpha value is -0.380. The average Bonchev–Trinajstić information content (AvgIpc) is 2.83. The van der Waals surface area contributed by atoms with Crippen LogP contribution in [0, 0.1) is 0 Å². The highest BCUT2D eigenvalue weighted by atomic mass is 79.9. The fourth-order valence-corrected chi connectivity index (χ4v) is 3.20. The fraction of sp³-hybridized carbons (Fsp3) is 0.867. The normalized spacial score (nSPS) is 14.5. The molecule has 3 nitrogen and oxygen atoms in total. The van der Waals surface area contributed by atoms with E-state index in [0.29, 0.717) is 0 Å². The molecule has 0 aliphatic heterocycles. The van der Waals surface area contributed by atoms with E-state index in [9.17, 15) is 0 Å². The van der Waals surface area contributed by atoms with Crippen LogP contribution in [0.3, 0.4) is 0 Å². The minimum atomic E-state index is 0.109. The molecule has 0 spiro atoms. The molecule has 0 radical (unpaired) electrons. The minimum absolute atomic E-state index is 0.109. The second-order valence-electron chi connectivity index (χ2n) is 5.71.